The molecular formula is C9H19NO2. The number of nitrogens with two attached hydrogens (primary N) is 1. The predicted molar refractivity (Wildman–Crippen MR) is 48.1 cm³/mol. The molecule has 0 aromatic rings. The quantitative estimate of drug-likeness (QED) is 0.690. The van der Waals surface area contributed by atoms with Gasteiger partial charge in [-0.2, -0.15) is 0 Å². The van der Waals surface area contributed by atoms with E-state index in [-0.39, 0.29) is 11.2 Å². The molecule has 0 amide bonds. The monoisotopic (exact) mass is 173 g/mol. The average molecular weight is 173 g/mol. The van der Waals surface area contributed by atoms with Crippen molar-refractivity contribution in [1.29, 1.82) is 0 Å². The highest BCUT2D eigenvalue weighted by molar-refractivity contribution is 4.90. The maximum atomic E-state index is 5.90. The van der Waals surface area contributed by atoms with Gasteiger partial charge in [-0.1, -0.05) is 0 Å². The summed E-state index contributed by atoms with van der Waals surface area (Å²) in [5.74, 6) is 0. The molecule has 1 aliphatic heterocycles. The highest BCUT2D eigenvalue weighted by Gasteiger charge is 2.41. The second-order valence-corrected chi connectivity index (χ2v) is 4.43. The Morgan fingerprint density at radius 1 is 1.42 bits per heavy atom. The zero-order chi connectivity index (χ0) is 9.24. The molecular weight excluding hydrogens is 154 g/mol. The lowest BCUT2D eigenvalue weighted by Crippen LogP contribution is -2.56. The smallest absolute Gasteiger partial charge is 0.117 e. The minimum absolute atomic E-state index is 0.0903. The lowest BCUT2D eigenvalue weighted by molar-refractivity contribution is -0.251. The molecule has 1 heterocycles. The summed E-state index contributed by atoms with van der Waals surface area (Å²) >= 11 is 0. The lowest BCUT2D eigenvalue weighted by atomic mass is 9.96. The van der Waals surface area contributed by atoms with Crippen LogP contribution in [0.1, 0.15) is 27.2 Å². The Morgan fingerprint density at radius 3 is 2.25 bits per heavy atom. The molecule has 0 aromatic carbocycles. The van der Waals surface area contributed by atoms with Crippen LogP contribution in [-0.2, 0) is 9.47 Å². The van der Waals surface area contributed by atoms with Crippen molar-refractivity contribution in [3.63, 3.8) is 0 Å². The first-order chi connectivity index (χ1) is 5.47. The van der Waals surface area contributed by atoms with Gasteiger partial charge in [-0.15, -0.1) is 0 Å². The van der Waals surface area contributed by atoms with E-state index < -0.39 is 0 Å². The molecule has 2 N–H and O–H groups in total. The molecule has 3 heteroatoms. The maximum absolute atomic E-state index is 5.90. The summed E-state index contributed by atoms with van der Waals surface area (Å²) in [6.07, 6.45) is 0.893. The van der Waals surface area contributed by atoms with Gasteiger partial charge in [-0.3, -0.25) is 0 Å². The molecule has 0 spiro atoms. The largest absolute Gasteiger partial charge is 0.375 e. The van der Waals surface area contributed by atoms with E-state index in [2.05, 4.69) is 20.8 Å². The van der Waals surface area contributed by atoms with Crippen LogP contribution in [0.5, 0.6) is 0 Å². The Morgan fingerprint density at radius 2 is 2.00 bits per heavy atom. The van der Waals surface area contributed by atoms with Gasteiger partial charge in [0.2, 0.25) is 0 Å². The van der Waals surface area contributed by atoms with Gasteiger partial charge in [0, 0.05) is 0 Å². The zero-order valence-electron chi connectivity index (χ0n) is 8.22. The third kappa shape index (κ3) is 2.44. The molecule has 0 radical (unpaired) electrons. The summed E-state index contributed by atoms with van der Waals surface area (Å²) in [4.78, 5) is 0. The number of ether oxygens (including phenoxy) is 2. The minimum atomic E-state index is -0.0983. The maximum Gasteiger partial charge on any atom is 0.117 e. The first kappa shape index (κ1) is 9.96. The number of rotatable bonds is 3. The third-order valence-corrected chi connectivity index (χ3v) is 1.85. The topological polar surface area (TPSA) is 44.5 Å². The van der Waals surface area contributed by atoms with Gasteiger partial charge in [-0.25, -0.2) is 0 Å². The van der Waals surface area contributed by atoms with Crippen LogP contribution in [0.3, 0.4) is 0 Å². The van der Waals surface area contributed by atoms with Crippen LogP contribution in [0.15, 0.2) is 0 Å². The molecule has 0 unspecified atom stereocenters. The Bertz CT molecular complexity index is 147. The third-order valence-electron chi connectivity index (χ3n) is 1.85. The second-order valence-electron chi connectivity index (χ2n) is 4.43. The van der Waals surface area contributed by atoms with E-state index in [1.165, 1.54) is 0 Å². The molecule has 1 fully saturated rings. The van der Waals surface area contributed by atoms with E-state index in [0.717, 1.165) is 6.42 Å². The molecule has 1 saturated heterocycles. The van der Waals surface area contributed by atoms with E-state index in [1.54, 1.807) is 0 Å². The van der Waals surface area contributed by atoms with E-state index in [9.17, 15) is 0 Å². The molecule has 1 rings (SSSR count). The van der Waals surface area contributed by atoms with Gasteiger partial charge in [-0.05, 0) is 33.7 Å². The van der Waals surface area contributed by atoms with Crippen molar-refractivity contribution >= 4 is 0 Å². The first-order valence-electron chi connectivity index (χ1n) is 4.45. The first-order valence-corrected chi connectivity index (χ1v) is 4.45. The fraction of sp³-hybridized carbons (Fsp3) is 1.00. The van der Waals surface area contributed by atoms with Crippen LogP contribution >= 0.6 is 0 Å². The van der Waals surface area contributed by atoms with E-state index in [0.29, 0.717) is 19.8 Å². The minimum Gasteiger partial charge on any atom is -0.375 e. The molecule has 0 saturated carbocycles. The van der Waals surface area contributed by atoms with E-state index in [1.807, 2.05) is 0 Å². The second kappa shape index (κ2) is 3.32. The highest BCUT2D eigenvalue weighted by atomic mass is 16.6. The number of hydrogen-bond acceptors (Lipinski definition) is 3. The van der Waals surface area contributed by atoms with Crippen molar-refractivity contribution in [3.8, 4) is 0 Å². The van der Waals surface area contributed by atoms with Gasteiger partial charge < -0.3 is 15.2 Å². The van der Waals surface area contributed by atoms with E-state index >= 15 is 0 Å². The molecule has 12 heavy (non-hydrogen) atoms. The van der Waals surface area contributed by atoms with Crippen molar-refractivity contribution in [2.75, 3.05) is 19.8 Å². The van der Waals surface area contributed by atoms with Crippen LogP contribution in [0.2, 0.25) is 0 Å². The van der Waals surface area contributed by atoms with Crippen molar-refractivity contribution < 1.29 is 9.47 Å². The van der Waals surface area contributed by atoms with Gasteiger partial charge in [0.15, 0.2) is 0 Å². The summed E-state index contributed by atoms with van der Waals surface area (Å²) in [5.41, 5.74) is 5.32. The van der Waals surface area contributed by atoms with Crippen LogP contribution < -0.4 is 5.73 Å². The lowest BCUT2D eigenvalue weighted by Gasteiger charge is -2.45. The predicted octanol–water partition coefficient (Wildman–Crippen LogP) is 0.919. The number of hydrogen-bond donors (Lipinski definition) is 1. The van der Waals surface area contributed by atoms with Crippen LogP contribution in [0.4, 0.5) is 0 Å². The van der Waals surface area contributed by atoms with Crippen molar-refractivity contribution in [3.05, 3.63) is 0 Å². The molecule has 0 aliphatic carbocycles. The summed E-state index contributed by atoms with van der Waals surface area (Å²) < 4.78 is 11.1. The van der Waals surface area contributed by atoms with Crippen molar-refractivity contribution in [2.45, 2.75) is 38.4 Å². The fourth-order valence-electron chi connectivity index (χ4n) is 1.50. The summed E-state index contributed by atoms with van der Waals surface area (Å²) in [6.45, 7) is 8.24. The molecule has 3 nitrogen and oxygen atoms in total. The molecule has 72 valence electrons. The Kier molecular flexibility index (Phi) is 2.76. The van der Waals surface area contributed by atoms with Crippen LogP contribution in [0, 0.1) is 0 Å². The normalized spacial score (nSPS) is 22.0. The molecule has 0 bridgehead atoms. The summed E-state index contributed by atoms with van der Waals surface area (Å²) in [5, 5.41) is 0. The summed E-state index contributed by atoms with van der Waals surface area (Å²) in [6, 6.07) is 0. The molecule has 0 aromatic heterocycles. The van der Waals surface area contributed by atoms with E-state index in [4.69, 9.17) is 15.2 Å². The van der Waals surface area contributed by atoms with Gasteiger partial charge >= 0.3 is 0 Å². The van der Waals surface area contributed by atoms with Crippen LogP contribution in [0.25, 0.3) is 0 Å². The Labute approximate surface area is 74.2 Å². The van der Waals surface area contributed by atoms with Crippen LogP contribution in [-0.4, -0.2) is 31.0 Å². The van der Waals surface area contributed by atoms with Gasteiger partial charge in [0.05, 0.1) is 18.8 Å². The molecule has 1 aliphatic rings. The Balaban J connectivity index is 2.45. The average Bonchev–Trinajstić information content (AvgIpc) is 1.80. The van der Waals surface area contributed by atoms with Crippen molar-refractivity contribution in [2.24, 2.45) is 5.73 Å². The summed E-state index contributed by atoms with van der Waals surface area (Å²) in [7, 11) is 0. The SMILES string of the molecule is CC(C)(C)OC1(CCN)COC1. The fourth-order valence-corrected chi connectivity index (χ4v) is 1.50. The van der Waals surface area contributed by atoms with Gasteiger partial charge in [0.25, 0.3) is 0 Å². The Hall–Kier alpha value is -0.120. The highest BCUT2D eigenvalue weighted by Crippen LogP contribution is 2.30. The van der Waals surface area contributed by atoms with Crippen molar-refractivity contribution in [1.82, 2.24) is 0 Å². The van der Waals surface area contributed by atoms with Gasteiger partial charge in [0.1, 0.15) is 5.60 Å². The zero-order valence-corrected chi connectivity index (χ0v) is 8.22. The standard InChI is InChI=1S/C9H19NO2/c1-8(2,3)12-9(4-5-10)6-11-7-9/h4-7,10H2,1-3H3. The molecule has 0 atom stereocenters.